The summed E-state index contributed by atoms with van der Waals surface area (Å²) in [6.07, 6.45) is 9.10. The standard InChI is InChI=1S/C28H27NO6S2/c1-2-25(23-12-6-8-14-26(23)36(30,31)32)29-22-18-16-21(17-19-22)28(20-10-4-3-5-11-20)24-13-7-9-15-27(24)37(33,34)35/h4-19,25,29H,2-3H2,1H3,(H,30,31,32)(H,33,34,35). The Kier molecular flexibility index (Phi) is 7.79. The van der Waals surface area contributed by atoms with E-state index in [1.807, 2.05) is 55.5 Å². The van der Waals surface area contributed by atoms with Crippen molar-refractivity contribution in [1.82, 2.24) is 0 Å². The van der Waals surface area contributed by atoms with Gasteiger partial charge in [0.2, 0.25) is 0 Å². The number of benzene rings is 3. The van der Waals surface area contributed by atoms with Crippen LogP contribution in [0.2, 0.25) is 0 Å². The van der Waals surface area contributed by atoms with Gasteiger partial charge < -0.3 is 5.32 Å². The molecule has 1 unspecified atom stereocenters. The second-order valence-electron chi connectivity index (χ2n) is 8.54. The predicted octanol–water partition coefficient (Wildman–Crippen LogP) is 6.06. The summed E-state index contributed by atoms with van der Waals surface area (Å²) in [6.45, 7) is 1.91. The molecule has 9 heteroatoms. The van der Waals surface area contributed by atoms with Crippen LogP contribution in [0.5, 0.6) is 0 Å². The van der Waals surface area contributed by atoms with Crippen LogP contribution in [0.15, 0.2) is 112 Å². The van der Waals surface area contributed by atoms with Crippen LogP contribution in [-0.2, 0) is 20.2 Å². The van der Waals surface area contributed by atoms with Gasteiger partial charge >= 0.3 is 0 Å². The average Bonchev–Trinajstić information content (AvgIpc) is 2.88. The fourth-order valence-corrected chi connectivity index (χ4v) is 5.86. The molecular weight excluding hydrogens is 510 g/mol. The second-order valence-corrected chi connectivity index (χ2v) is 11.3. The number of allylic oxidation sites excluding steroid dienone is 5. The summed E-state index contributed by atoms with van der Waals surface area (Å²) < 4.78 is 67.6. The van der Waals surface area contributed by atoms with E-state index in [9.17, 15) is 25.9 Å². The molecule has 0 amide bonds. The minimum absolute atomic E-state index is 0.143. The van der Waals surface area contributed by atoms with Gasteiger partial charge in [-0.25, -0.2) is 0 Å². The lowest BCUT2D eigenvalue weighted by Gasteiger charge is -2.21. The van der Waals surface area contributed by atoms with Crippen molar-refractivity contribution in [3.8, 4) is 0 Å². The molecule has 1 atom stereocenters. The van der Waals surface area contributed by atoms with E-state index in [0.29, 0.717) is 28.8 Å². The van der Waals surface area contributed by atoms with Gasteiger partial charge in [-0.05, 0) is 59.4 Å². The van der Waals surface area contributed by atoms with E-state index >= 15 is 0 Å². The normalized spacial score (nSPS) is 14.4. The topological polar surface area (TPSA) is 121 Å². The first-order chi connectivity index (χ1) is 17.6. The zero-order valence-electron chi connectivity index (χ0n) is 20.1. The molecule has 0 aliphatic heterocycles. The van der Waals surface area contributed by atoms with Crippen LogP contribution in [-0.4, -0.2) is 25.9 Å². The SMILES string of the molecule is CCC(Nc1ccc(C(=C2C=CCC=C2)c2ccccc2S(=O)(=O)O)cc1)c1ccccc1S(=O)(=O)O. The van der Waals surface area contributed by atoms with Gasteiger partial charge in [0, 0.05) is 11.3 Å². The van der Waals surface area contributed by atoms with Crippen molar-refractivity contribution in [3.63, 3.8) is 0 Å². The summed E-state index contributed by atoms with van der Waals surface area (Å²) in [5.41, 5.74) is 3.73. The van der Waals surface area contributed by atoms with E-state index in [-0.39, 0.29) is 15.8 Å². The fraction of sp³-hybridized carbons (Fsp3) is 0.143. The molecule has 0 saturated carbocycles. The van der Waals surface area contributed by atoms with Crippen molar-refractivity contribution in [2.75, 3.05) is 5.32 Å². The molecular formula is C28H27NO6S2. The van der Waals surface area contributed by atoms with E-state index in [1.165, 1.54) is 12.1 Å². The summed E-state index contributed by atoms with van der Waals surface area (Å²) in [5, 5.41) is 3.32. The van der Waals surface area contributed by atoms with Gasteiger partial charge in [-0.2, -0.15) is 16.8 Å². The van der Waals surface area contributed by atoms with Crippen LogP contribution < -0.4 is 5.32 Å². The van der Waals surface area contributed by atoms with Crippen molar-refractivity contribution in [2.45, 2.75) is 35.6 Å². The van der Waals surface area contributed by atoms with Gasteiger partial charge in [0.25, 0.3) is 20.2 Å². The third kappa shape index (κ3) is 6.08. The minimum Gasteiger partial charge on any atom is -0.378 e. The number of hydrogen-bond donors (Lipinski definition) is 3. The first kappa shape index (κ1) is 26.6. The smallest absolute Gasteiger partial charge is 0.295 e. The van der Waals surface area contributed by atoms with E-state index in [4.69, 9.17) is 0 Å². The Morgan fingerprint density at radius 2 is 1.38 bits per heavy atom. The number of nitrogens with one attached hydrogen (secondary N) is 1. The van der Waals surface area contributed by atoms with E-state index in [0.717, 1.165) is 17.6 Å². The first-order valence-corrected chi connectivity index (χ1v) is 14.5. The monoisotopic (exact) mass is 537 g/mol. The van der Waals surface area contributed by atoms with E-state index in [1.54, 1.807) is 36.4 Å². The lowest BCUT2D eigenvalue weighted by Crippen LogP contribution is -2.14. The predicted molar refractivity (Wildman–Crippen MR) is 145 cm³/mol. The molecule has 0 spiro atoms. The zero-order chi connectivity index (χ0) is 26.6. The highest BCUT2D eigenvalue weighted by atomic mass is 32.2. The maximum Gasteiger partial charge on any atom is 0.295 e. The van der Waals surface area contributed by atoms with Crippen molar-refractivity contribution < 1.29 is 25.9 Å². The molecule has 3 N–H and O–H groups in total. The number of rotatable bonds is 8. The Labute approximate surface area is 217 Å². The molecule has 4 rings (SSSR count). The van der Waals surface area contributed by atoms with Crippen LogP contribution in [0.1, 0.15) is 42.5 Å². The highest BCUT2D eigenvalue weighted by Gasteiger charge is 2.22. The average molecular weight is 538 g/mol. The third-order valence-corrected chi connectivity index (χ3v) is 7.92. The molecule has 37 heavy (non-hydrogen) atoms. The molecule has 0 radical (unpaired) electrons. The molecule has 1 aliphatic rings. The minimum atomic E-state index is -4.46. The van der Waals surface area contributed by atoms with Gasteiger partial charge in [-0.1, -0.05) is 79.8 Å². The van der Waals surface area contributed by atoms with Crippen molar-refractivity contribution >= 4 is 31.5 Å². The summed E-state index contributed by atoms with van der Waals surface area (Å²) in [6, 6.07) is 19.5. The van der Waals surface area contributed by atoms with Crippen LogP contribution >= 0.6 is 0 Å². The highest BCUT2D eigenvalue weighted by Crippen LogP contribution is 2.35. The maximum atomic E-state index is 12.1. The number of hydrogen-bond acceptors (Lipinski definition) is 5. The molecule has 3 aromatic rings. The highest BCUT2D eigenvalue weighted by molar-refractivity contribution is 7.86. The Hall–Kier alpha value is -3.50. The Morgan fingerprint density at radius 3 is 1.97 bits per heavy atom. The Bertz CT molecular complexity index is 1590. The summed E-state index contributed by atoms with van der Waals surface area (Å²) >= 11 is 0. The second kappa shape index (κ2) is 10.9. The van der Waals surface area contributed by atoms with Gasteiger partial charge in [0.1, 0.15) is 4.90 Å². The first-order valence-electron chi connectivity index (χ1n) is 11.7. The molecule has 7 nitrogen and oxygen atoms in total. The molecule has 0 saturated heterocycles. The molecule has 192 valence electrons. The molecule has 0 fully saturated rings. The lowest BCUT2D eigenvalue weighted by molar-refractivity contribution is 0.479. The van der Waals surface area contributed by atoms with Gasteiger partial charge in [-0.3, -0.25) is 9.11 Å². The third-order valence-electron chi connectivity index (χ3n) is 6.09. The van der Waals surface area contributed by atoms with E-state index in [2.05, 4.69) is 5.32 Å². The molecule has 0 heterocycles. The maximum absolute atomic E-state index is 12.1. The van der Waals surface area contributed by atoms with Crippen molar-refractivity contribution in [2.24, 2.45) is 0 Å². The Morgan fingerprint density at radius 1 is 0.811 bits per heavy atom. The fourth-order valence-electron chi connectivity index (χ4n) is 4.40. The molecule has 0 bridgehead atoms. The summed E-state index contributed by atoms with van der Waals surface area (Å²) in [4.78, 5) is -0.323. The molecule has 0 aromatic heterocycles. The lowest BCUT2D eigenvalue weighted by atomic mass is 9.91. The Balaban J connectivity index is 1.75. The zero-order valence-corrected chi connectivity index (χ0v) is 21.7. The summed E-state index contributed by atoms with van der Waals surface area (Å²) in [5.74, 6) is 0. The van der Waals surface area contributed by atoms with Gasteiger partial charge in [0.15, 0.2) is 0 Å². The quantitative estimate of drug-likeness (QED) is 0.299. The van der Waals surface area contributed by atoms with Crippen LogP contribution in [0.4, 0.5) is 5.69 Å². The van der Waals surface area contributed by atoms with Crippen LogP contribution in [0.25, 0.3) is 5.57 Å². The molecule has 1 aliphatic carbocycles. The molecule has 3 aromatic carbocycles. The summed E-state index contributed by atoms with van der Waals surface area (Å²) in [7, 11) is -8.85. The van der Waals surface area contributed by atoms with Gasteiger partial charge in [0.05, 0.1) is 10.9 Å². The van der Waals surface area contributed by atoms with E-state index < -0.39 is 20.2 Å². The van der Waals surface area contributed by atoms with Crippen molar-refractivity contribution in [3.05, 3.63) is 119 Å². The van der Waals surface area contributed by atoms with Gasteiger partial charge in [-0.15, -0.1) is 0 Å². The van der Waals surface area contributed by atoms with Crippen LogP contribution in [0, 0.1) is 0 Å². The number of anilines is 1. The van der Waals surface area contributed by atoms with Crippen molar-refractivity contribution in [1.29, 1.82) is 0 Å². The van der Waals surface area contributed by atoms with Crippen LogP contribution in [0.3, 0.4) is 0 Å². The largest absolute Gasteiger partial charge is 0.378 e.